The van der Waals surface area contributed by atoms with Crippen LogP contribution in [0.15, 0.2) is 54.7 Å². The van der Waals surface area contributed by atoms with Crippen LogP contribution in [0.2, 0.25) is 5.02 Å². The van der Waals surface area contributed by atoms with E-state index in [1.54, 1.807) is 12.3 Å². The number of benzene rings is 2. The molecule has 0 aliphatic carbocycles. The number of rotatable bonds is 7. The minimum Gasteiger partial charge on any atom is -0.350 e. The quantitative estimate of drug-likeness (QED) is 0.309. The molecule has 0 saturated carbocycles. The van der Waals surface area contributed by atoms with Gasteiger partial charge < -0.3 is 15.2 Å². The number of hydrogen-bond acceptors (Lipinski definition) is 5. The average Bonchev–Trinajstić information content (AvgIpc) is 3.25. The third kappa shape index (κ3) is 5.32. The molecule has 2 aromatic carbocycles. The lowest BCUT2D eigenvalue weighted by Crippen LogP contribution is -2.28. The number of aryl methyl sites for hydroxylation is 1. The SMILES string of the molecule is FC(F)(F)c1ccccc1-c1nc2cnc(NCc3ccccc3Cl)nc2n1CCC1CCNCC1. The van der Waals surface area contributed by atoms with Gasteiger partial charge in [0.05, 0.1) is 11.8 Å². The first-order valence-electron chi connectivity index (χ1n) is 12.0. The molecule has 36 heavy (non-hydrogen) atoms. The fraction of sp³-hybridized carbons (Fsp3) is 0.346. The van der Waals surface area contributed by atoms with Crippen LogP contribution in [0, 0.1) is 5.92 Å². The van der Waals surface area contributed by atoms with E-state index >= 15 is 0 Å². The van der Waals surface area contributed by atoms with Crippen molar-refractivity contribution in [2.75, 3.05) is 18.4 Å². The zero-order valence-electron chi connectivity index (χ0n) is 19.5. The summed E-state index contributed by atoms with van der Waals surface area (Å²) in [6.07, 6.45) is -0.0257. The molecule has 1 aliphatic rings. The number of piperidine rings is 1. The Kier molecular flexibility index (Phi) is 7.11. The molecule has 0 amide bonds. The van der Waals surface area contributed by atoms with Gasteiger partial charge in [0.15, 0.2) is 5.65 Å². The smallest absolute Gasteiger partial charge is 0.350 e. The van der Waals surface area contributed by atoms with Crippen molar-refractivity contribution in [2.45, 2.75) is 38.5 Å². The highest BCUT2D eigenvalue weighted by atomic mass is 35.5. The molecule has 1 saturated heterocycles. The van der Waals surface area contributed by atoms with Gasteiger partial charge in [-0.05, 0) is 56.0 Å². The van der Waals surface area contributed by atoms with Gasteiger partial charge in [-0.3, -0.25) is 0 Å². The second-order valence-electron chi connectivity index (χ2n) is 8.96. The highest BCUT2D eigenvalue weighted by molar-refractivity contribution is 6.31. The van der Waals surface area contributed by atoms with Gasteiger partial charge in [-0.2, -0.15) is 18.2 Å². The van der Waals surface area contributed by atoms with Crippen molar-refractivity contribution in [3.8, 4) is 11.4 Å². The Morgan fingerprint density at radius 3 is 2.56 bits per heavy atom. The lowest BCUT2D eigenvalue weighted by molar-refractivity contribution is -0.137. The molecule has 4 aromatic rings. The Hall–Kier alpha value is -3.17. The molecule has 3 heterocycles. The minimum absolute atomic E-state index is 0.0406. The lowest BCUT2D eigenvalue weighted by atomic mass is 9.94. The average molecular weight is 515 g/mol. The fourth-order valence-electron chi connectivity index (χ4n) is 4.64. The van der Waals surface area contributed by atoms with Crippen molar-refractivity contribution in [3.05, 3.63) is 70.9 Å². The van der Waals surface area contributed by atoms with Crippen LogP contribution in [0.3, 0.4) is 0 Å². The van der Waals surface area contributed by atoms with Crippen LogP contribution in [0.4, 0.5) is 19.1 Å². The van der Waals surface area contributed by atoms with Crippen LogP contribution in [-0.2, 0) is 19.3 Å². The van der Waals surface area contributed by atoms with Gasteiger partial charge in [-0.1, -0.05) is 48.0 Å². The summed E-state index contributed by atoms with van der Waals surface area (Å²) in [5, 5.41) is 7.16. The minimum atomic E-state index is -4.50. The monoisotopic (exact) mass is 514 g/mol. The van der Waals surface area contributed by atoms with Crippen LogP contribution in [0.25, 0.3) is 22.6 Å². The summed E-state index contributed by atoms with van der Waals surface area (Å²) in [4.78, 5) is 13.6. The zero-order chi connectivity index (χ0) is 25.1. The molecular weight excluding hydrogens is 489 g/mol. The molecule has 0 unspecified atom stereocenters. The van der Waals surface area contributed by atoms with E-state index in [0.717, 1.165) is 44.0 Å². The molecule has 0 radical (unpaired) electrons. The first kappa shape index (κ1) is 24.5. The zero-order valence-corrected chi connectivity index (χ0v) is 20.3. The first-order chi connectivity index (χ1) is 17.4. The van der Waals surface area contributed by atoms with Gasteiger partial charge in [0.2, 0.25) is 5.95 Å². The van der Waals surface area contributed by atoms with Gasteiger partial charge in [0.25, 0.3) is 0 Å². The van der Waals surface area contributed by atoms with Gasteiger partial charge in [0.1, 0.15) is 11.3 Å². The Morgan fingerprint density at radius 1 is 1.03 bits per heavy atom. The van der Waals surface area contributed by atoms with Crippen molar-refractivity contribution < 1.29 is 13.2 Å². The van der Waals surface area contributed by atoms with E-state index in [4.69, 9.17) is 11.6 Å². The van der Waals surface area contributed by atoms with Gasteiger partial charge >= 0.3 is 6.18 Å². The highest BCUT2D eigenvalue weighted by Crippen LogP contribution is 2.37. The number of anilines is 1. The normalized spacial score (nSPS) is 14.9. The number of nitrogens with zero attached hydrogens (tertiary/aromatic N) is 4. The Morgan fingerprint density at radius 2 is 1.78 bits per heavy atom. The number of halogens is 4. The van der Waals surface area contributed by atoms with E-state index in [2.05, 4.69) is 25.6 Å². The van der Waals surface area contributed by atoms with Crippen molar-refractivity contribution in [3.63, 3.8) is 0 Å². The van der Waals surface area contributed by atoms with E-state index < -0.39 is 11.7 Å². The third-order valence-corrected chi connectivity index (χ3v) is 6.94. The predicted octanol–water partition coefficient (Wildman–Crippen LogP) is 6.17. The van der Waals surface area contributed by atoms with Crippen molar-refractivity contribution in [1.29, 1.82) is 0 Å². The van der Waals surface area contributed by atoms with E-state index in [0.29, 0.717) is 41.1 Å². The summed E-state index contributed by atoms with van der Waals surface area (Å²) >= 11 is 6.26. The van der Waals surface area contributed by atoms with Gasteiger partial charge in [0, 0.05) is 23.7 Å². The van der Waals surface area contributed by atoms with Crippen LogP contribution in [0.5, 0.6) is 0 Å². The van der Waals surface area contributed by atoms with E-state index in [-0.39, 0.29) is 11.4 Å². The maximum absolute atomic E-state index is 13.9. The van der Waals surface area contributed by atoms with Crippen molar-refractivity contribution in [2.24, 2.45) is 5.92 Å². The van der Waals surface area contributed by atoms with E-state index in [1.807, 2.05) is 28.8 Å². The molecule has 2 aromatic heterocycles. The maximum atomic E-state index is 13.9. The second-order valence-corrected chi connectivity index (χ2v) is 9.37. The third-order valence-electron chi connectivity index (χ3n) is 6.58. The van der Waals surface area contributed by atoms with Gasteiger partial charge in [-0.15, -0.1) is 0 Å². The molecular formula is C26H26ClF3N6. The Bertz CT molecular complexity index is 1350. The summed E-state index contributed by atoms with van der Waals surface area (Å²) in [7, 11) is 0. The number of alkyl halides is 3. The van der Waals surface area contributed by atoms with Crippen LogP contribution >= 0.6 is 11.6 Å². The van der Waals surface area contributed by atoms with Crippen molar-refractivity contribution >= 4 is 28.7 Å². The molecule has 5 rings (SSSR count). The summed E-state index contributed by atoms with van der Waals surface area (Å²) in [6, 6.07) is 13.0. The number of aromatic nitrogens is 4. The number of nitrogens with one attached hydrogen (secondary N) is 2. The molecule has 0 atom stereocenters. The molecule has 6 nitrogen and oxygen atoms in total. The molecule has 10 heteroatoms. The molecule has 0 bridgehead atoms. The van der Waals surface area contributed by atoms with Crippen molar-refractivity contribution in [1.82, 2.24) is 24.8 Å². The molecule has 188 valence electrons. The first-order valence-corrected chi connectivity index (χ1v) is 12.4. The summed E-state index contributed by atoms with van der Waals surface area (Å²) < 4.78 is 43.4. The standard InChI is InChI=1S/C26H26ClF3N6/c27-21-8-4-1-5-18(21)15-32-25-33-16-22-24(35-25)36(14-11-17-9-12-31-13-10-17)23(34-22)19-6-2-3-7-20(19)26(28,29)30/h1-8,16-17,31H,9-15H2,(H,32,33,35). The fourth-order valence-corrected chi connectivity index (χ4v) is 4.85. The van der Waals surface area contributed by atoms with E-state index in [9.17, 15) is 13.2 Å². The highest BCUT2D eigenvalue weighted by Gasteiger charge is 2.35. The van der Waals surface area contributed by atoms with Crippen LogP contribution in [-0.4, -0.2) is 32.6 Å². The molecule has 1 aliphatic heterocycles. The van der Waals surface area contributed by atoms with Gasteiger partial charge in [-0.25, -0.2) is 9.97 Å². The summed E-state index contributed by atoms with van der Waals surface area (Å²) in [5.41, 5.74) is 1.18. The maximum Gasteiger partial charge on any atom is 0.417 e. The Balaban J connectivity index is 1.53. The predicted molar refractivity (Wildman–Crippen MR) is 135 cm³/mol. The lowest BCUT2D eigenvalue weighted by Gasteiger charge is -2.23. The number of hydrogen-bond donors (Lipinski definition) is 2. The summed E-state index contributed by atoms with van der Waals surface area (Å²) in [6.45, 7) is 2.84. The molecule has 0 spiro atoms. The topological polar surface area (TPSA) is 67.7 Å². The second kappa shape index (κ2) is 10.4. The largest absolute Gasteiger partial charge is 0.417 e. The molecule has 1 fully saturated rings. The Labute approximate surface area is 211 Å². The van der Waals surface area contributed by atoms with E-state index in [1.165, 1.54) is 12.1 Å². The number of fused-ring (bicyclic) bond motifs is 1. The van der Waals surface area contributed by atoms with Crippen LogP contribution in [0.1, 0.15) is 30.4 Å². The number of imidazole rings is 1. The molecule has 2 N–H and O–H groups in total. The van der Waals surface area contributed by atoms with Crippen LogP contribution < -0.4 is 10.6 Å². The summed E-state index contributed by atoms with van der Waals surface area (Å²) in [5.74, 6) is 1.11.